The number of allylic oxidation sites excluding steroid dienone is 2. The molecular weight excluding hydrogens is 320 g/mol. The van der Waals surface area contributed by atoms with Crippen molar-refractivity contribution >= 4 is 21.5 Å². The van der Waals surface area contributed by atoms with E-state index in [-0.39, 0.29) is 0 Å². The van der Waals surface area contributed by atoms with Gasteiger partial charge in [-0.2, -0.15) is 0 Å². The van der Waals surface area contributed by atoms with Crippen molar-refractivity contribution in [2.24, 2.45) is 0 Å². The van der Waals surface area contributed by atoms with E-state index in [1.54, 1.807) is 12.5 Å². The zero-order chi connectivity index (χ0) is 18.5. The van der Waals surface area contributed by atoms with E-state index in [1.165, 1.54) is 11.1 Å². The van der Waals surface area contributed by atoms with Crippen LogP contribution in [0.15, 0.2) is 61.1 Å². The first kappa shape index (κ1) is 18.1. The molecule has 134 valence electrons. The maximum absolute atomic E-state index is 6.14. The average Bonchev–Trinajstić information content (AvgIpc) is 2.64. The van der Waals surface area contributed by atoms with Crippen LogP contribution in [0.2, 0.25) is 0 Å². The number of benzene rings is 3. The smallest absolute Gasteiger partial charge is 0.142 e. The second-order valence-corrected chi connectivity index (χ2v) is 6.45. The van der Waals surface area contributed by atoms with E-state index >= 15 is 0 Å². The summed E-state index contributed by atoms with van der Waals surface area (Å²) in [6.07, 6.45) is 9.52. The predicted molar refractivity (Wildman–Crippen MR) is 111 cm³/mol. The Labute approximate surface area is 155 Å². The topological polar surface area (TPSA) is 18.5 Å². The summed E-state index contributed by atoms with van der Waals surface area (Å²) < 4.78 is 12.3. The van der Waals surface area contributed by atoms with Gasteiger partial charge in [0.25, 0.3) is 0 Å². The summed E-state index contributed by atoms with van der Waals surface area (Å²) in [5.41, 5.74) is 2.35. The molecule has 0 saturated carbocycles. The third-order valence-electron chi connectivity index (χ3n) is 4.52. The maximum Gasteiger partial charge on any atom is 0.142 e. The molecule has 0 aliphatic heterocycles. The van der Waals surface area contributed by atoms with Gasteiger partial charge in [0.05, 0.1) is 12.5 Å². The van der Waals surface area contributed by atoms with E-state index in [0.717, 1.165) is 45.9 Å². The summed E-state index contributed by atoms with van der Waals surface area (Å²) in [5, 5.41) is 4.36. The molecule has 3 aromatic rings. The number of aryl methyl sites for hydroxylation is 2. The number of fused-ring (bicyclic) bond motifs is 2. The Kier molecular flexibility index (Phi) is 5.62. The first-order valence-electron chi connectivity index (χ1n) is 9.27. The summed E-state index contributed by atoms with van der Waals surface area (Å²) in [4.78, 5) is 0. The van der Waals surface area contributed by atoms with Gasteiger partial charge in [0.1, 0.15) is 11.5 Å². The van der Waals surface area contributed by atoms with Crippen LogP contribution in [-0.4, -0.2) is 0 Å². The Morgan fingerprint density at radius 1 is 0.692 bits per heavy atom. The van der Waals surface area contributed by atoms with Crippen molar-refractivity contribution < 1.29 is 9.47 Å². The van der Waals surface area contributed by atoms with Crippen LogP contribution in [-0.2, 0) is 0 Å². The molecule has 26 heavy (non-hydrogen) atoms. The summed E-state index contributed by atoms with van der Waals surface area (Å²) in [5.74, 6) is 1.79. The van der Waals surface area contributed by atoms with E-state index < -0.39 is 0 Å². The molecule has 0 saturated heterocycles. The molecule has 0 aromatic heterocycles. The molecular formula is C24H26O2. The van der Waals surface area contributed by atoms with Crippen LogP contribution < -0.4 is 9.47 Å². The first-order valence-corrected chi connectivity index (χ1v) is 9.27. The van der Waals surface area contributed by atoms with E-state index in [2.05, 4.69) is 64.1 Å². The van der Waals surface area contributed by atoms with Crippen molar-refractivity contribution in [3.63, 3.8) is 0 Å². The van der Waals surface area contributed by atoms with Crippen LogP contribution in [0.1, 0.15) is 37.8 Å². The molecule has 0 amide bonds. The molecule has 0 bridgehead atoms. The maximum atomic E-state index is 6.14. The second kappa shape index (κ2) is 8.09. The molecule has 3 aromatic carbocycles. The number of hydrogen-bond acceptors (Lipinski definition) is 2. The quantitative estimate of drug-likeness (QED) is 0.346. The summed E-state index contributed by atoms with van der Waals surface area (Å²) >= 11 is 0. The largest absolute Gasteiger partial charge is 0.464 e. The Bertz CT molecular complexity index is 899. The highest BCUT2D eigenvalue weighted by atomic mass is 16.5. The monoisotopic (exact) mass is 346 g/mol. The van der Waals surface area contributed by atoms with Gasteiger partial charge < -0.3 is 9.47 Å². The highest BCUT2D eigenvalue weighted by Crippen LogP contribution is 2.45. The van der Waals surface area contributed by atoms with E-state index in [1.807, 2.05) is 12.2 Å². The van der Waals surface area contributed by atoms with Crippen LogP contribution in [0.5, 0.6) is 11.5 Å². The highest BCUT2D eigenvalue weighted by molar-refractivity contribution is 6.13. The second-order valence-electron chi connectivity index (χ2n) is 6.45. The van der Waals surface area contributed by atoms with Gasteiger partial charge in [-0.3, -0.25) is 0 Å². The summed E-state index contributed by atoms with van der Waals surface area (Å²) in [6, 6.07) is 12.6. The lowest BCUT2D eigenvalue weighted by Gasteiger charge is -2.18. The predicted octanol–water partition coefficient (Wildman–Crippen LogP) is 7.21. The highest BCUT2D eigenvalue weighted by Gasteiger charge is 2.18. The average molecular weight is 346 g/mol. The SMILES string of the molecule is CC/C=C\Oc1c2cccc(C)c2c(O/C=C\CC)c2cccc(C)c12. The molecule has 0 heterocycles. The third-order valence-corrected chi connectivity index (χ3v) is 4.52. The van der Waals surface area contributed by atoms with Crippen LogP contribution in [0.4, 0.5) is 0 Å². The minimum Gasteiger partial charge on any atom is -0.464 e. The van der Waals surface area contributed by atoms with Gasteiger partial charge in [-0.1, -0.05) is 50.2 Å². The van der Waals surface area contributed by atoms with Gasteiger partial charge in [0, 0.05) is 21.5 Å². The molecule has 0 spiro atoms. The minimum absolute atomic E-state index is 0.897. The van der Waals surface area contributed by atoms with Gasteiger partial charge in [0.15, 0.2) is 0 Å². The van der Waals surface area contributed by atoms with Gasteiger partial charge in [-0.15, -0.1) is 0 Å². The molecule has 0 unspecified atom stereocenters. The molecule has 2 nitrogen and oxygen atoms in total. The molecule has 0 aliphatic carbocycles. The molecule has 3 rings (SSSR count). The lowest BCUT2D eigenvalue weighted by atomic mass is 9.95. The normalized spacial score (nSPS) is 11.8. The van der Waals surface area contributed by atoms with E-state index in [0.29, 0.717) is 0 Å². The Morgan fingerprint density at radius 3 is 1.50 bits per heavy atom. The lowest BCUT2D eigenvalue weighted by molar-refractivity contribution is 0.482. The molecule has 2 heteroatoms. The van der Waals surface area contributed by atoms with Crippen molar-refractivity contribution in [1.82, 2.24) is 0 Å². The van der Waals surface area contributed by atoms with E-state index in [4.69, 9.17) is 9.47 Å². The third kappa shape index (κ3) is 3.32. The Hall–Kier alpha value is -2.74. The van der Waals surface area contributed by atoms with E-state index in [9.17, 15) is 0 Å². The molecule has 0 atom stereocenters. The van der Waals surface area contributed by atoms with Crippen molar-refractivity contribution in [3.8, 4) is 11.5 Å². The zero-order valence-corrected chi connectivity index (χ0v) is 16.0. The van der Waals surface area contributed by atoms with Gasteiger partial charge in [-0.25, -0.2) is 0 Å². The van der Waals surface area contributed by atoms with Crippen molar-refractivity contribution in [3.05, 3.63) is 72.2 Å². The Morgan fingerprint density at radius 2 is 1.12 bits per heavy atom. The van der Waals surface area contributed by atoms with Crippen molar-refractivity contribution in [2.75, 3.05) is 0 Å². The molecule has 0 N–H and O–H groups in total. The zero-order valence-electron chi connectivity index (χ0n) is 16.0. The minimum atomic E-state index is 0.897. The van der Waals surface area contributed by atoms with Crippen molar-refractivity contribution in [1.29, 1.82) is 0 Å². The molecule has 0 radical (unpaired) electrons. The van der Waals surface area contributed by atoms with Crippen LogP contribution in [0.25, 0.3) is 21.5 Å². The summed E-state index contributed by atoms with van der Waals surface area (Å²) in [7, 11) is 0. The summed E-state index contributed by atoms with van der Waals surface area (Å²) in [6.45, 7) is 8.43. The van der Waals surface area contributed by atoms with Crippen molar-refractivity contribution in [2.45, 2.75) is 40.5 Å². The van der Waals surface area contributed by atoms with Gasteiger partial charge in [-0.05, 0) is 50.0 Å². The standard InChI is InChI=1S/C24H26O2/c1-5-7-15-25-23-19-13-9-12-18(4)22(19)24(26-16-8-6-2)20-14-10-11-17(3)21(20)23/h7-16H,5-6H2,1-4H3/b15-7-,16-8-. The van der Waals surface area contributed by atoms with Crippen LogP contribution >= 0.6 is 0 Å². The van der Waals surface area contributed by atoms with Crippen LogP contribution in [0.3, 0.4) is 0 Å². The fourth-order valence-electron chi connectivity index (χ4n) is 3.26. The lowest BCUT2D eigenvalue weighted by Crippen LogP contribution is -1.95. The number of ether oxygens (including phenoxy) is 2. The van der Waals surface area contributed by atoms with Gasteiger partial charge >= 0.3 is 0 Å². The number of hydrogen-bond donors (Lipinski definition) is 0. The molecule has 0 aliphatic rings. The fraction of sp³-hybridized carbons (Fsp3) is 0.250. The van der Waals surface area contributed by atoms with Crippen LogP contribution in [0, 0.1) is 13.8 Å². The van der Waals surface area contributed by atoms with Gasteiger partial charge in [0.2, 0.25) is 0 Å². The molecule has 0 fully saturated rings. The first-order chi connectivity index (χ1) is 12.7. The number of rotatable bonds is 6. The Balaban J connectivity index is 2.41. The fourth-order valence-corrected chi connectivity index (χ4v) is 3.26.